The number of carbonyl (C=O) groups excluding carboxylic acids is 2. The molecule has 4 N–H and O–H groups in total. The molecule has 0 aliphatic heterocycles. The van der Waals surface area contributed by atoms with Crippen LogP contribution >= 0.6 is 7.82 Å². The summed E-state index contributed by atoms with van der Waals surface area (Å²) in [6, 6.07) is -1.57. The van der Waals surface area contributed by atoms with Crippen LogP contribution < -0.4 is 5.32 Å². The number of carboxylic acids is 1. The van der Waals surface area contributed by atoms with Gasteiger partial charge in [0, 0.05) is 12.8 Å². The van der Waals surface area contributed by atoms with Crippen molar-refractivity contribution in [3.63, 3.8) is 0 Å². The predicted molar refractivity (Wildman–Crippen MR) is 272 cm³/mol. The van der Waals surface area contributed by atoms with Crippen molar-refractivity contribution < 1.29 is 47.8 Å². The van der Waals surface area contributed by atoms with Gasteiger partial charge in [0.1, 0.15) is 12.7 Å². The summed E-state index contributed by atoms with van der Waals surface area (Å²) in [6.45, 7) is 2.41. The van der Waals surface area contributed by atoms with Gasteiger partial charge in [0.25, 0.3) is 0 Å². The molecule has 3 unspecified atom stereocenters. The maximum Gasteiger partial charge on any atom is 0.472 e. The molecule has 0 heterocycles. The largest absolute Gasteiger partial charge is 0.480 e. The topological polar surface area (TPSA) is 169 Å². The minimum atomic E-state index is -4.78. The van der Waals surface area contributed by atoms with E-state index >= 15 is 0 Å². The van der Waals surface area contributed by atoms with E-state index in [1.807, 2.05) is 0 Å². The van der Waals surface area contributed by atoms with Crippen LogP contribution in [0.2, 0.25) is 0 Å². The van der Waals surface area contributed by atoms with E-state index in [2.05, 4.69) is 129 Å². The molecule has 374 valence electrons. The van der Waals surface area contributed by atoms with Crippen molar-refractivity contribution in [2.45, 2.75) is 193 Å². The lowest BCUT2D eigenvalue weighted by atomic mass is 10.1. The smallest absolute Gasteiger partial charge is 0.472 e. The normalized spacial score (nSPS) is 14.5. The van der Waals surface area contributed by atoms with E-state index < -0.39 is 57.6 Å². The van der Waals surface area contributed by atoms with Crippen LogP contribution in [-0.2, 0) is 32.7 Å². The van der Waals surface area contributed by atoms with E-state index in [1.54, 1.807) is 0 Å². The maximum absolute atomic E-state index is 12.3. The number of hydrogen-bond donors (Lipinski definition) is 4. The monoisotopic (exact) mass is 942 g/mol. The quantitative estimate of drug-likeness (QED) is 0.0200. The molecule has 0 aromatic carbocycles. The number of aliphatic carboxylic acids is 1. The molecule has 0 aromatic rings. The van der Waals surface area contributed by atoms with Crippen molar-refractivity contribution >= 4 is 25.7 Å². The Morgan fingerprint density at radius 1 is 0.500 bits per heavy atom. The number of esters is 1. The summed E-state index contributed by atoms with van der Waals surface area (Å²) in [5.74, 6) is -2.44. The Balaban J connectivity index is 3.94. The summed E-state index contributed by atoms with van der Waals surface area (Å²) in [5, 5.41) is 21.9. The fraction of sp³-hybridized carbons (Fsp3) is 0.611. The number of carbonyl (C=O) groups is 3. The van der Waals surface area contributed by atoms with Crippen molar-refractivity contribution in [2.75, 3.05) is 19.8 Å². The summed E-state index contributed by atoms with van der Waals surface area (Å²) in [4.78, 5) is 46.1. The number of hydrogen-bond acceptors (Lipinski definition) is 8. The Bertz CT molecular complexity index is 1530. The highest BCUT2D eigenvalue weighted by Gasteiger charge is 2.28. The minimum Gasteiger partial charge on any atom is -0.480 e. The molecular formula is C54H88NO10P. The summed E-state index contributed by atoms with van der Waals surface area (Å²) in [6.07, 6.45) is 62.5. The van der Waals surface area contributed by atoms with E-state index in [0.717, 1.165) is 103 Å². The minimum absolute atomic E-state index is 0.0991. The molecule has 0 aliphatic rings. The van der Waals surface area contributed by atoms with Crippen LogP contribution in [0.4, 0.5) is 0 Å². The van der Waals surface area contributed by atoms with E-state index in [1.165, 1.54) is 38.5 Å². The Hall–Kier alpha value is -3.86. The van der Waals surface area contributed by atoms with Crippen molar-refractivity contribution in [3.05, 3.63) is 109 Å². The summed E-state index contributed by atoms with van der Waals surface area (Å²) in [5.41, 5.74) is 0. The lowest BCUT2D eigenvalue weighted by molar-refractivity contribution is -0.147. The number of ether oxygens (including phenoxy) is 1. The van der Waals surface area contributed by atoms with Gasteiger partial charge in [0.05, 0.1) is 13.2 Å². The molecule has 0 saturated heterocycles. The molecule has 0 aromatic heterocycles. The summed E-state index contributed by atoms with van der Waals surface area (Å²) >= 11 is 0. The lowest BCUT2D eigenvalue weighted by Gasteiger charge is -2.18. The fourth-order valence-electron chi connectivity index (χ4n) is 6.21. The van der Waals surface area contributed by atoms with Crippen LogP contribution in [0.3, 0.4) is 0 Å². The van der Waals surface area contributed by atoms with E-state index in [0.29, 0.717) is 12.8 Å². The van der Waals surface area contributed by atoms with Crippen molar-refractivity contribution in [3.8, 4) is 0 Å². The zero-order chi connectivity index (χ0) is 48.4. The SMILES string of the molecule is CC/C=C\C/C=C\C/C=C\C/C=C\C/C=C\CCCCCC(=O)NC(COP(=O)(O)OCC(O)COC(=O)CCCCCCCCC/C=C\C/C=C\C/C=C\C/C=C\CCCCC)C(=O)O. The lowest BCUT2D eigenvalue weighted by Crippen LogP contribution is -2.43. The number of allylic oxidation sites excluding steroid dienone is 18. The fourth-order valence-corrected chi connectivity index (χ4v) is 6.98. The molecule has 1 amide bonds. The number of aliphatic hydroxyl groups is 1. The second-order valence-corrected chi connectivity index (χ2v) is 17.7. The molecule has 0 spiro atoms. The number of nitrogens with one attached hydrogen (secondary N) is 1. The third-order valence-corrected chi connectivity index (χ3v) is 11.0. The number of aliphatic hydroxyl groups excluding tert-OH is 1. The molecule has 0 radical (unpaired) electrons. The zero-order valence-corrected chi connectivity index (χ0v) is 41.6. The van der Waals surface area contributed by atoms with E-state index in [9.17, 15) is 34.1 Å². The van der Waals surface area contributed by atoms with Crippen LogP contribution in [0.25, 0.3) is 0 Å². The Morgan fingerprint density at radius 2 is 0.879 bits per heavy atom. The molecule has 0 fully saturated rings. The van der Waals surface area contributed by atoms with Gasteiger partial charge >= 0.3 is 19.8 Å². The molecule has 66 heavy (non-hydrogen) atoms. The highest BCUT2D eigenvalue weighted by molar-refractivity contribution is 7.47. The van der Waals surface area contributed by atoms with Crippen LogP contribution in [0.5, 0.6) is 0 Å². The number of unbranched alkanes of at least 4 members (excludes halogenated alkanes) is 13. The summed E-state index contributed by atoms with van der Waals surface area (Å²) < 4.78 is 26.9. The van der Waals surface area contributed by atoms with Gasteiger partial charge in [-0.25, -0.2) is 9.36 Å². The average Bonchev–Trinajstić information content (AvgIpc) is 3.29. The molecule has 0 bridgehead atoms. The van der Waals surface area contributed by atoms with Gasteiger partial charge in [0.15, 0.2) is 6.04 Å². The second-order valence-electron chi connectivity index (χ2n) is 16.3. The van der Waals surface area contributed by atoms with E-state index in [4.69, 9.17) is 13.8 Å². The number of carboxylic acid groups (broad SMARTS) is 1. The Kier molecular flexibility index (Phi) is 44.8. The second kappa shape index (κ2) is 47.6. The van der Waals surface area contributed by atoms with Gasteiger partial charge in [-0.2, -0.15) is 0 Å². The van der Waals surface area contributed by atoms with Gasteiger partial charge in [-0.15, -0.1) is 0 Å². The molecular weight excluding hydrogens is 854 g/mol. The summed E-state index contributed by atoms with van der Waals surface area (Å²) in [7, 11) is -4.78. The van der Waals surface area contributed by atoms with Gasteiger partial charge in [-0.05, 0) is 103 Å². The molecule has 0 aliphatic carbocycles. The first-order valence-electron chi connectivity index (χ1n) is 24.9. The van der Waals surface area contributed by atoms with Crippen LogP contribution in [0, 0.1) is 0 Å². The Labute approximate surface area is 399 Å². The van der Waals surface area contributed by atoms with Crippen LogP contribution in [0.1, 0.15) is 181 Å². The van der Waals surface area contributed by atoms with Crippen LogP contribution in [0.15, 0.2) is 109 Å². The zero-order valence-electron chi connectivity index (χ0n) is 40.7. The molecule has 3 atom stereocenters. The first-order valence-corrected chi connectivity index (χ1v) is 26.4. The highest BCUT2D eigenvalue weighted by atomic mass is 31.2. The van der Waals surface area contributed by atoms with E-state index in [-0.39, 0.29) is 12.8 Å². The molecule has 0 saturated carbocycles. The highest BCUT2D eigenvalue weighted by Crippen LogP contribution is 2.43. The first kappa shape index (κ1) is 62.1. The molecule has 0 rings (SSSR count). The van der Waals surface area contributed by atoms with Crippen molar-refractivity contribution in [1.29, 1.82) is 0 Å². The van der Waals surface area contributed by atoms with Crippen LogP contribution in [-0.4, -0.2) is 64.9 Å². The predicted octanol–water partition coefficient (Wildman–Crippen LogP) is 13.8. The average molecular weight is 942 g/mol. The first-order chi connectivity index (χ1) is 32.1. The molecule has 11 nitrogen and oxygen atoms in total. The maximum atomic E-state index is 12.3. The number of phosphoric acid groups is 1. The van der Waals surface area contributed by atoms with Gasteiger partial charge in [0.2, 0.25) is 5.91 Å². The van der Waals surface area contributed by atoms with Crippen molar-refractivity contribution in [2.24, 2.45) is 0 Å². The standard InChI is InChI=1S/C54H88NO10P/c1-3-5-7-9-11-13-15-17-19-21-23-24-25-26-28-30-32-34-36-38-40-42-44-46-53(58)63-47-50(56)48-64-66(61,62)65-49-51(54(59)60)55-52(57)45-43-41-39-37-35-33-31-29-27-22-20-18-16-14-12-10-8-6-4-2/h6,8,11-14,17-20,23-24,26-29,33,35,50-51,56H,3-5,7,9-10,15-16,21-22,25,30-32,34,36-49H2,1-2H3,(H,55,57)(H,59,60)(H,61,62)/b8-6-,13-11-,14-12-,19-17-,20-18-,24-23-,28-26-,29-27-,35-33-. The van der Waals surface area contributed by atoms with Gasteiger partial charge in [-0.1, -0.05) is 175 Å². The number of rotatable bonds is 45. The van der Waals surface area contributed by atoms with Gasteiger partial charge < -0.3 is 25.2 Å². The molecule has 12 heteroatoms. The van der Waals surface area contributed by atoms with Gasteiger partial charge in [-0.3, -0.25) is 18.6 Å². The Morgan fingerprint density at radius 3 is 1.33 bits per heavy atom. The third-order valence-electron chi connectivity index (χ3n) is 10.0. The number of amides is 1. The van der Waals surface area contributed by atoms with Crippen molar-refractivity contribution in [1.82, 2.24) is 5.32 Å². The number of phosphoric ester groups is 1. The third kappa shape index (κ3) is 46.7.